The molecule has 0 N–H and O–H groups in total. The molecule has 0 atom stereocenters. The van der Waals surface area contributed by atoms with E-state index < -0.39 is 0 Å². The summed E-state index contributed by atoms with van der Waals surface area (Å²) in [5.74, 6) is 0. The average Bonchev–Trinajstić information content (AvgIpc) is 2.81. The molecule has 0 spiro atoms. The van der Waals surface area contributed by atoms with Gasteiger partial charge in [-0.3, -0.25) is 0 Å². The van der Waals surface area contributed by atoms with Gasteiger partial charge < -0.3 is 0 Å². The zero-order valence-corrected chi connectivity index (χ0v) is 23.1. The summed E-state index contributed by atoms with van der Waals surface area (Å²) in [6.07, 6.45) is 44.9. The molecular formula is C32H65. The van der Waals surface area contributed by atoms with Crippen LogP contribution in [0.25, 0.3) is 0 Å². The first kappa shape index (κ1) is 32.0. The molecule has 0 saturated heterocycles. The van der Waals surface area contributed by atoms with Crippen molar-refractivity contribution in [3.63, 3.8) is 0 Å². The molecule has 0 aromatic heterocycles. The van der Waals surface area contributed by atoms with Crippen molar-refractivity contribution in [2.24, 2.45) is 0 Å². The minimum absolute atomic E-state index is 1.37. The highest BCUT2D eigenvalue weighted by Gasteiger charge is 1.96. The monoisotopic (exact) mass is 450 g/mol. The molecule has 0 amide bonds. The van der Waals surface area contributed by atoms with Crippen molar-refractivity contribution in [3.05, 3.63) is 6.42 Å². The molecule has 0 nitrogen and oxygen atoms in total. The lowest BCUT2D eigenvalue weighted by Gasteiger charge is -2.04. The summed E-state index contributed by atoms with van der Waals surface area (Å²) >= 11 is 0. The van der Waals surface area contributed by atoms with Crippen molar-refractivity contribution in [1.82, 2.24) is 0 Å². The summed E-state index contributed by atoms with van der Waals surface area (Å²) in [5, 5.41) is 0. The minimum Gasteiger partial charge on any atom is -0.0654 e. The second-order valence-corrected chi connectivity index (χ2v) is 10.7. The maximum Gasteiger partial charge on any atom is -0.0386 e. The molecule has 0 aromatic carbocycles. The molecule has 0 aliphatic heterocycles. The molecule has 0 heteroatoms. The highest BCUT2D eigenvalue weighted by molar-refractivity contribution is 4.64. The van der Waals surface area contributed by atoms with Gasteiger partial charge in [-0.2, -0.15) is 0 Å². The maximum absolute atomic E-state index is 2.58. The third kappa shape index (κ3) is 30.0. The van der Waals surface area contributed by atoms with Gasteiger partial charge in [0.05, 0.1) is 0 Å². The van der Waals surface area contributed by atoms with Gasteiger partial charge in [-0.15, -0.1) is 0 Å². The molecule has 32 heavy (non-hydrogen) atoms. The van der Waals surface area contributed by atoms with Crippen LogP contribution in [0, 0.1) is 6.42 Å². The van der Waals surface area contributed by atoms with Crippen molar-refractivity contribution in [1.29, 1.82) is 0 Å². The average molecular weight is 450 g/mol. The van der Waals surface area contributed by atoms with E-state index in [1.165, 1.54) is 186 Å². The summed E-state index contributed by atoms with van der Waals surface area (Å²) in [6.45, 7) is 4.61. The van der Waals surface area contributed by atoms with Crippen molar-refractivity contribution in [2.45, 2.75) is 200 Å². The van der Waals surface area contributed by atoms with Crippen LogP contribution in [-0.4, -0.2) is 0 Å². The molecule has 193 valence electrons. The van der Waals surface area contributed by atoms with Crippen LogP contribution in [0.2, 0.25) is 0 Å². The van der Waals surface area contributed by atoms with Crippen LogP contribution in [0.4, 0.5) is 0 Å². The van der Waals surface area contributed by atoms with Crippen LogP contribution in [0.1, 0.15) is 200 Å². The highest BCUT2D eigenvalue weighted by atomic mass is 14.0. The van der Waals surface area contributed by atoms with Crippen LogP contribution >= 0.6 is 0 Å². The zero-order valence-electron chi connectivity index (χ0n) is 23.1. The van der Waals surface area contributed by atoms with E-state index in [1.807, 2.05) is 0 Å². The number of hydrogen-bond acceptors (Lipinski definition) is 0. The molecule has 0 aliphatic rings. The molecule has 0 rings (SSSR count). The predicted molar refractivity (Wildman–Crippen MR) is 150 cm³/mol. The van der Waals surface area contributed by atoms with E-state index in [9.17, 15) is 0 Å². The van der Waals surface area contributed by atoms with Gasteiger partial charge in [0.1, 0.15) is 0 Å². The second kappa shape index (κ2) is 31.0. The van der Waals surface area contributed by atoms with E-state index in [1.54, 1.807) is 0 Å². The Morgan fingerprint density at radius 3 is 0.656 bits per heavy atom. The van der Waals surface area contributed by atoms with Crippen LogP contribution in [-0.2, 0) is 0 Å². The largest absolute Gasteiger partial charge is 0.0654 e. The fourth-order valence-electron chi connectivity index (χ4n) is 4.93. The first-order chi connectivity index (χ1) is 15.9. The first-order valence-corrected chi connectivity index (χ1v) is 15.7. The molecule has 0 aromatic rings. The Kier molecular flexibility index (Phi) is 31.0. The van der Waals surface area contributed by atoms with Gasteiger partial charge in [0.2, 0.25) is 0 Å². The van der Waals surface area contributed by atoms with Crippen LogP contribution in [0.5, 0.6) is 0 Å². The Morgan fingerprint density at radius 1 is 0.250 bits per heavy atom. The summed E-state index contributed by atoms with van der Waals surface area (Å²) in [7, 11) is 0. The molecule has 0 saturated carbocycles. The Hall–Kier alpha value is 0. The fraction of sp³-hybridized carbons (Fsp3) is 0.969. The molecule has 1 radical (unpaired) electrons. The first-order valence-electron chi connectivity index (χ1n) is 15.7. The normalized spacial score (nSPS) is 11.4. The topological polar surface area (TPSA) is 0 Å². The van der Waals surface area contributed by atoms with Gasteiger partial charge in [-0.25, -0.2) is 0 Å². The van der Waals surface area contributed by atoms with Crippen molar-refractivity contribution in [3.8, 4) is 0 Å². The van der Waals surface area contributed by atoms with Crippen LogP contribution < -0.4 is 0 Å². The third-order valence-electron chi connectivity index (χ3n) is 7.27. The van der Waals surface area contributed by atoms with Crippen molar-refractivity contribution < 1.29 is 0 Å². The zero-order chi connectivity index (χ0) is 23.2. The van der Waals surface area contributed by atoms with Gasteiger partial charge in [-0.1, -0.05) is 200 Å². The van der Waals surface area contributed by atoms with Crippen LogP contribution in [0.3, 0.4) is 0 Å². The van der Waals surface area contributed by atoms with Gasteiger partial charge in [0.15, 0.2) is 0 Å². The molecule has 0 fully saturated rings. The summed E-state index contributed by atoms with van der Waals surface area (Å²) in [5.41, 5.74) is 0. The Bertz CT molecular complexity index is 264. The molecular weight excluding hydrogens is 384 g/mol. The lowest BCUT2D eigenvalue weighted by atomic mass is 10.0. The quantitative estimate of drug-likeness (QED) is 0.0995. The summed E-state index contributed by atoms with van der Waals surface area (Å²) in [4.78, 5) is 0. The molecule has 0 unspecified atom stereocenters. The Morgan fingerprint density at radius 2 is 0.438 bits per heavy atom. The minimum atomic E-state index is 1.37. The predicted octanol–water partition coefficient (Wildman–Crippen LogP) is 12.5. The standard InChI is InChI=1S/C32H65/c1-3-5-7-9-11-13-15-17-19-21-23-25-27-29-31-32-30-28-26-24-22-20-18-16-14-12-10-8-6-4-2/h25H,3-24,26-32H2,1-2H3. The Balaban J connectivity index is 2.98. The SMILES string of the molecule is CCCCCCCCCCCC[CH]CCCCCCCCCCCCCCCCCCC. The van der Waals surface area contributed by atoms with Gasteiger partial charge in [-0.05, 0) is 6.42 Å². The van der Waals surface area contributed by atoms with E-state index in [2.05, 4.69) is 20.3 Å². The van der Waals surface area contributed by atoms with Crippen molar-refractivity contribution >= 4 is 0 Å². The number of hydrogen-bond donors (Lipinski definition) is 0. The van der Waals surface area contributed by atoms with E-state index in [-0.39, 0.29) is 0 Å². The summed E-state index contributed by atoms with van der Waals surface area (Å²) in [6, 6.07) is 0. The molecule has 0 aliphatic carbocycles. The molecule has 0 bridgehead atoms. The smallest absolute Gasteiger partial charge is 0.0386 e. The van der Waals surface area contributed by atoms with Gasteiger partial charge in [0.25, 0.3) is 0 Å². The Labute approximate surface area is 206 Å². The lowest BCUT2D eigenvalue weighted by molar-refractivity contribution is 0.525. The third-order valence-corrected chi connectivity index (χ3v) is 7.27. The highest BCUT2D eigenvalue weighted by Crippen LogP contribution is 2.16. The van der Waals surface area contributed by atoms with Gasteiger partial charge >= 0.3 is 0 Å². The van der Waals surface area contributed by atoms with E-state index >= 15 is 0 Å². The van der Waals surface area contributed by atoms with E-state index in [4.69, 9.17) is 0 Å². The van der Waals surface area contributed by atoms with E-state index in [0.717, 1.165) is 0 Å². The number of unbranched alkanes of at least 4 members (excludes halogenated alkanes) is 29. The second-order valence-electron chi connectivity index (χ2n) is 10.7. The fourth-order valence-corrected chi connectivity index (χ4v) is 4.93. The lowest BCUT2D eigenvalue weighted by Crippen LogP contribution is -1.85. The van der Waals surface area contributed by atoms with Gasteiger partial charge in [0, 0.05) is 0 Å². The van der Waals surface area contributed by atoms with Crippen molar-refractivity contribution in [2.75, 3.05) is 0 Å². The molecule has 0 heterocycles. The van der Waals surface area contributed by atoms with Crippen LogP contribution in [0.15, 0.2) is 0 Å². The summed E-state index contributed by atoms with van der Waals surface area (Å²) < 4.78 is 0. The maximum atomic E-state index is 2.58. The number of rotatable bonds is 29. The van der Waals surface area contributed by atoms with E-state index in [0.29, 0.717) is 0 Å².